The molecule has 0 aliphatic heterocycles. The Labute approximate surface area is 160 Å². The predicted molar refractivity (Wildman–Crippen MR) is 105 cm³/mol. The SMILES string of the molecule is CCNC(=NCCNS(=O)(=O)c1ccccc1)N(C)Cc1ccc(F)cc1. The van der Waals surface area contributed by atoms with Gasteiger partial charge in [-0.3, -0.25) is 4.99 Å². The highest BCUT2D eigenvalue weighted by Gasteiger charge is 2.12. The van der Waals surface area contributed by atoms with E-state index in [0.29, 0.717) is 25.6 Å². The lowest BCUT2D eigenvalue weighted by molar-refractivity contribution is 0.476. The van der Waals surface area contributed by atoms with E-state index in [4.69, 9.17) is 0 Å². The first-order chi connectivity index (χ1) is 12.9. The van der Waals surface area contributed by atoms with Crippen LogP contribution in [0.5, 0.6) is 0 Å². The monoisotopic (exact) mass is 392 g/mol. The first-order valence-electron chi connectivity index (χ1n) is 8.71. The number of hydrogen-bond donors (Lipinski definition) is 2. The molecule has 0 aliphatic rings. The number of guanidine groups is 1. The van der Waals surface area contributed by atoms with E-state index in [-0.39, 0.29) is 17.3 Å². The lowest BCUT2D eigenvalue weighted by atomic mass is 10.2. The standard InChI is InChI=1S/C19H25FN4O2S/c1-3-21-19(24(2)15-16-9-11-17(20)12-10-16)22-13-14-23-27(25,26)18-7-5-4-6-8-18/h4-12,23H,3,13-15H2,1-2H3,(H,21,22). The molecule has 2 rings (SSSR count). The summed E-state index contributed by atoms with van der Waals surface area (Å²) >= 11 is 0. The average Bonchev–Trinajstić information content (AvgIpc) is 2.66. The second kappa shape index (κ2) is 10.0. The molecule has 146 valence electrons. The van der Waals surface area contributed by atoms with Gasteiger partial charge in [0.15, 0.2) is 5.96 Å². The molecule has 2 aromatic rings. The van der Waals surface area contributed by atoms with Gasteiger partial charge in [0.1, 0.15) is 5.82 Å². The van der Waals surface area contributed by atoms with Crippen molar-refractivity contribution in [3.05, 3.63) is 66.0 Å². The van der Waals surface area contributed by atoms with E-state index in [0.717, 1.165) is 5.56 Å². The van der Waals surface area contributed by atoms with Crippen molar-refractivity contribution in [3.63, 3.8) is 0 Å². The van der Waals surface area contributed by atoms with E-state index < -0.39 is 10.0 Å². The van der Waals surface area contributed by atoms with Crippen LogP contribution in [-0.4, -0.2) is 46.0 Å². The topological polar surface area (TPSA) is 73.8 Å². The smallest absolute Gasteiger partial charge is 0.240 e. The number of hydrogen-bond acceptors (Lipinski definition) is 3. The number of halogens is 1. The molecule has 0 atom stereocenters. The summed E-state index contributed by atoms with van der Waals surface area (Å²) in [6, 6.07) is 14.5. The van der Waals surface area contributed by atoms with Gasteiger partial charge in [-0.25, -0.2) is 17.5 Å². The maximum absolute atomic E-state index is 13.0. The molecular weight excluding hydrogens is 367 g/mol. The van der Waals surface area contributed by atoms with Crippen molar-refractivity contribution in [1.82, 2.24) is 14.9 Å². The third kappa shape index (κ3) is 6.65. The summed E-state index contributed by atoms with van der Waals surface area (Å²) in [5.74, 6) is 0.383. The molecule has 0 aromatic heterocycles. The number of nitrogens with one attached hydrogen (secondary N) is 2. The van der Waals surface area contributed by atoms with E-state index >= 15 is 0 Å². The maximum atomic E-state index is 13.0. The van der Waals surface area contributed by atoms with Crippen LogP contribution in [0, 0.1) is 5.82 Å². The molecule has 2 aromatic carbocycles. The van der Waals surface area contributed by atoms with Gasteiger partial charge in [-0.05, 0) is 36.8 Å². The number of aliphatic imine (C=N–C) groups is 1. The lowest BCUT2D eigenvalue weighted by Gasteiger charge is -2.22. The molecule has 0 aliphatic carbocycles. The molecule has 6 nitrogen and oxygen atoms in total. The zero-order valence-corrected chi connectivity index (χ0v) is 16.3. The second-order valence-electron chi connectivity index (χ2n) is 5.93. The summed E-state index contributed by atoms with van der Waals surface area (Å²) in [6.07, 6.45) is 0. The first-order valence-corrected chi connectivity index (χ1v) is 10.2. The Bertz CT molecular complexity index is 840. The van der Waals surface area contributed by atoms with Crippen LogP contribution >= 0.6 is 0 Å². The summed E-state index contributed by atoms with van der Waals surface area (Å²) in [5, 5.41) is 3.17. The maximum Gasteiger partial charge on any atom is 0.240 e. The van der Waals surface area contributed by atoms with E-state index in [1.54, 1.807) is 42.5 Å². The zero-order valence-electron chi connectivity index (χ0n) is 15.5. The van der Waals surface area contributed by atoms with E-state index in [1.165, 1.54) is 12.1 Å². The highest BCUT2D eigenvalue weighted by molar-refractivity contribution is 7.89. The molecule has 0 amide bonds. The minimum atomic E-state index is -3.53. The molecular formula is C19H25FN4O2S. The molecule has 0 bridgehead atoms. The minimum absolute atomic E-state index is 0.191. The van der Waals surface area contributed by atoms with Crippen LogP contribution in [0.2, 0.25) is 0 Å². The van der Waals surface area contributed by atoms with Gasteiger partial charge in [0.05, 0.1) is 11.4 Å². The van der Waals surface area contributed by atoms with Gasteiger partial charge in [-0.2, -0.15) is 0 Å². The predicted octanol–water partition coefficient (Wildman–Crippen LogP) is 2.20. The van der Waals surface area contributed by atoms with Gasteiger partial charge in [0.25, 0.3) is 0 Å². The van der Waals surface area contributed by atoms with Gasteiger partial charge in [-0.15, -0.1) is 0 Å². The fraction of sp³-hybridized carbons (Fsp3) is 0.316. The minimum Gasteiger partial charge on any atom is -0.357 e. The normalized spacial score (nSPS) is 12.0. The molecule has 2 N–H and O–H groups in total. The molecule has 0 saturated carbocycles. The quantitative estimate of drug-likeness (QED) is 0.410. The number of rotatable bonds is 8. The molecule has 0 unspecified atom stereocenters. The molecule has 0 saturated heterocycles. The highest BCUT2D eigenvalue weighted by Crippen LogP contribution is 2.07. The van der Waals surface area contributed by atoms with Gasteiger partial charge in [0.2, 0.25) is 10.0 Å². The number of sulfonamides is 1. The van der Waals surface area contributed by atoms with Crippen LogP contribution in [0.15, 0.2) is 64.5 Å². The van der Waals surface area contributed by atoms with Crippen molar-refractivity contribution in [2.45, 2.75) is 18.4 Å². The molecule has 27 heavy (non-hydrogen) atoms. The zero-order chi connectivity index (χ0) is 19.7. The Morgan fingerprint density at radius 2 is 1.78 bits per heavy atom. The van der Waals surface area contributed by atoms with Gasteiger partial charge in [0, 0.05) is 26.7 Å². The van der Waals surface area contributed by atoms with Crippen LogP contribution < -0.4 is 10.0 Å². The third-order valence-electron chi connectivity index (χ3n) is 3.75. The summed E-state index contributed by atoms with van der Waals surface area (Å²) in [5.41, 5.74) is 0.953. The molecule has 0 radical (unpaired) electrons. The van der Waals surface area contributed by atoms with Crippen molar-refractivity contribution >= 4 is 16.0 Å². The van der Waals surface area contributed by atoms with Gasteiger partial charge >= 0.3 is 0 Å². The Balaban J connectivity index is 1.93. The van der Waals surface area contributed by atoms with Crippen LogP contribution in [0.3, 0.4) is 0 Å². The molecule has 0 spiro atoms. The second-order valence-corrected chi connectivity index (χ2v) is 7.70. The number of benzene rings is 2. The van der Waals surface area contributed by atoms with Crippen molar-refractivity contribution in [2.24, 2.45) is 4.99 Å². The van der Waals surface area contributed by atoms with Crippen LogP contribution in [0.25, 0.3) is 0 Å². The Morgan fingerprint density at radius 1 is 1.11 bits per heavy atom. The Hall–Kier alpha value is -2.45. The fourth-order valence-electron chi connectivity index (χ4n) is 2.43. The summed E-state index contributed by atoms with van der Waals surface area (Å²) in [4.78, 5) is 6.59. The molecule has 0 fully saturated rings. The van der Waals surface area contributed by atoms with E-state index in [9.17, 15) is 12.8 Å². The average molecular weight is 393 g/mol. The van der Waals surface area contributed by atoms with Crippen LogP contribution in [0.1, 0.15) is 12.5 Å². The van der Waals surface area contributed by atoms with Crippen molar-refractivity contribution in [1.29, 1.82) is 0 Å². The molecule has 0 heterocycles. The Kier molecular flexibility index (Phi) is 7.75. The molecule has 8 heteroatoms. The van der Waals surface area contributed by atoms with Crippen LogP contribution in [0.4, 0.5) is 4.39 Å². The lowest BCUT2D eigenvalue weighted by Crippen LogP contribution is -2.39. The first kappa shape index (κ1) is 20.9. The summed E-state index contributed by atoms with van der Waals surface area (Å²) in [7, 11) is -1.66. The summed E-state index contributed by atoms with van der Waals surface area (Å²) < 4.78 is 39.9. The van der Waals surface area contributed by atoms with Gasteiger partial charge in [-0.1, -0.05) is 30.3 Å². The Morgan fingerprint density at radius 3 is 2.41 bits per heavy atom. The third-order valence-corrected chi connectivity index (χ3v) is 5.23. The van der Waals surface area contributed by atoms with E-state index in [1.807, 2.05) is 18.9 Å². The highest BCUT2D eigenvalue weighted by atomic mass is 32.2. The van der Waals surface area contributed by atoms with E-state index in [2.05, 4.69) is 15.0 Å². The van der Waals surface area contributed by atoms with Crippen LogP contribution in [-0.2, 0) is 16.6 Å². The van der Waals surface area contributed by atoms with Crippen molar-refractivity contribution < 1.29 is 12.8 Å². The van der Waals surface area contributed by atoms with Crippen molar-refractivity contribution in [3.8, 4) is 0 Å². The largest absolute Gasteiger partial charge is 0.357 e. The summed E-state index contributed by atoms with van der Waals surface area (Å²) in [6.45, 7) is 3.68. The number of nitrogens with zero attached hydrogens (tertiary/aromatic N) is 2. The van der Waals surface area contributed by atoms with Crippen molar-refractivity contribution in [2.75, 3.05) is 26.7 Å². The fourth-order valence-corrected chi connectivity index (χ4v) is 3.48. The van der Waals surface area contributed by atoms with Gasteiger partial charge < -0.3 is 10.2 Å².